The van der Waals surface area contributed by atoms with Crippen LogP contribution in [0.15, 0.2) is 48.9 Å². The van der Waals surface area contributed by atoms with Crippen molar-refractivity contribution in [2.24, 2.45) is 7.05 Å². The minimum atomic E-state index is -1.11. The summed E-state index contributed by atoms with van der Waals surface area (Å²) in [5.41, 5.74) is 1.39. The number of carboxylic acid groups (broad SMARTS) is 1. The number of carboxylic acids is 1. The van der Waals surface area contributed by atoms with Crippen molar-refractivity contribution in [1.82, 2.24) is 19.6 Å². The first kappa shape index (κ1) is 18.8. The summed E-state index contributed by atoms with van der Waals surface area (Å²) in [6, 6.07) is 7.50. The molecule has 0 aliphatic heterocycles. The maximum absolute atomic E-state index is 12.3. The summed E-state index contributed by atoms with van der Waals surface area (Å²) in [4.78, 5) is 35.3. The predicted molar refractivity (Wildman–Crippen MR) is 100 cm³/mol. The Morgan fingerprint density at radius 2 is 1.71 bits per heavy atom. The molecular weight excluding hydrogens is 364 g/mol. The number of rotatable bonds is 6. The average molecular weight is 382 g/mol. The van der Waals surface area contributed by atoms with Gasteiger partial charge in [-0.05, 0) is 37.3 Å². The lowest BCUT2D eigenvalue weighted by Crippen LogP contribution is -2.24. The number of aromatic nitrogens is 4. The molecular formula is C18H18N6O4. The molecule has 0 fully saturated rings. The molecule has 3 rings (SSSR count). The summed E-state index contributed by atoms with van der Waals surface area (Å²) < 4.78 is 2.81. The molecule has 28 heavy (non-hydrogen) atoms. The number of hydrogen-bond acceptors (Lipinski definition) is 5. The fourth-order valence-corrected chi connectivity index (χ4v) is 2.40. The number of hydrogen-bond donors (Lipinski definition) is 3. The Labute approximate surface area is 159 Å². The van der Waals surface area contributed by atoms with Crippen LogP contribution in [-0.4, -0.2) is 42.5 Å². The van der Waals surface area contributed by atoms with Crippen molar-refractivity contribution in [3.63, 3.8) is 0 Å². The third-order valence-corrected chi connectivity index (χ3v) is 3.98. The fourth-order valence-electron chi connectivity index (χ4n) is 2.40. The summed E-state index contributed by atoms with van der Waals surface area (Å²) in [6.07, 6.45) is 4.15. The number of nitrogens with zero attached hydrogens (tertiary/aromatic N) is 4. The van der Waals surface area contributed by atoms with Crippen LogP contribution in [0.3, 0.4) is 0 Å². The molecule has 1 atom stereocenters. The van der Waals surface area contributed by atoms with Crippen molar-refractivity contribution in [1.29, 1.82) is 0 Å². The van der Waals surface area contributed by atoms with Gasteiger partial charge >= 0.3 is 5.97 Å². The predicted octanol–water partition coefficient (Wildman–Crippen LogP) is 1.77. The first-order valence-electron chi connectivity index (χ1n) is 8.33. The third kappa shape index (κ3) is 4.23. The van der Waals surface area contributed by atoms with E-state index in [1.165, 1.54) is 21.8 Å². The van der Waals surface area contributed by atoms with E-state index in [0.29, 0.717) is 17.1 Å². The molecule has 0 saturated heterocycles. The second kappa shape index (κ2) is 7.74. The van der Waals surface area contributed by atoms with Gasteiger partial charge in [0, 0.05) is 30.8 Å². The number of carbonyl (C=O) groups excluding carboxylic acids is 2. The smallest absolute Gasteiger partial charge is 0.338 e. The molecule has 0 spiro atoms. The SMILES string of the molecule is CC(C(=O)Nc1ccc(NC(=O)c2ccn(C)n2)cc1)n1cc(C(=O)O)cn1. The zero-order valence-electron chi connectivity index (χ0n) is 15.2. The maximum Gasteiger partial charge on any atom is 0.338 e. The van der Waals surface area contributed by atoms with Crippen LogP contribution in [0.25, 0.3) is 0 Å². The lowest BCUT2D eigenvalue weighted by molar-refractivity contribution is -0.119. The molecule has 2 amide bonds. The quantitative estimate of drug-likeness (QED) is 0.595. The van der Waals surface area contributed by atoms with Gasteiger partial charge in [0.1, 0.15) is 6.04 Å². The number of aromatic carboxylic acids is 1. The van der Waals surface area contributed by atoms with Crippen molar-refractivity contribution in [2.75, 3.05) is 10.6 Å². The second-order valence-corrected chi connectivity index (χ2v) is 6.09. The molecule has 2 aromatic heterocycles. The van der Waals surface area contributed by atoms with E-state index in [1.54, 1.807) is 50.5 Å². The van der Waals surface area contributed by atoms with Gasteiger partial charge in [0.25, 0.3) is 5.91 Å². The number of nitrogens with one attached hydrogen (secondary N) is 2. The van der Waals surface area contributed by atoms with Crippen LogP contribution in [0.4, 0.5) is 11.4 Å². The first-order chi connectivity index (χ1) is 13.3. The van der Waals surface area contributed by atoms with E-state index >= 15 is 0 Å². The lowest BCUT2D eigenvalue weighted by Gasteiger charge is -2.13. The molecule has 3 aromatic rings. The van der Waals surface area contributed by atoms with E-state index in [1.807, 2.05) is 0 Å². The van der Waals surface area contributed by atoms with Crippen LogP contribution >= 0.6 is 0 Å². The fraction of sp³-hybridized carbons (Fsp3) is 0.167. The van der Waals surface area contributed by atoms with Crippen LogP contribution in [0.5, 0.6) is 0 Å². The van der Waals surface area contributed by atoms with E-state index in [2.05, 4.69) is 20.8 Å². The van der Waals surface area contributed by atoms with Gasteiger partial charge in [0.15, 0.2) is 5.69 Å². The van der Waals surface area contributed by atoms with Gasteiger partial charge in [0.2, 0.25) is 5.91 Å². The van der Waals surface area contributed by atoms with Crippen molar-refractivity contribution in [2.45, 2.75) is 13.0 Å². The Bertz CT molecular complexity index is 1020. The van der Waals surface area contributed by atoms with Crippen LogP contribution in [0.1, 0.15) is 33.8 Å². The van der Waals surface area contributed by atoms with E-state index in [0.717, 1.165) is 0 Å². The number of carbonyl (C=O) groups is 3. The normalized spacial score (nSPS) is 11.6. The highest BCUT2D eigenvalue weighted by molar-refractivity contribution is 6.03. The van der Waals surface area contributed by atoms with Crippen LogP contribution in [-0.2, 0) is 11.8 Å². The Morgan fingerprint density at radius 1 is 1.07 bits per heavy atom. The molecule has 0 saturated carbocycles. The summed E-state index contributed by atoms with van der Waals surface area (Å²) in [6.45, 7) is 1.61. The van der Waals surface area contributed by atoms with Gasteiger partial charge in [-0.2, -0.15) is 10.2 Å². The van der Waals surface area contributed by atoms with Gasteiger partial charge in [-0.25, -0.2) is 4.79 Å². The number of benzene rings is 1. The van der Waals surface area contributed by atoms with Gasteiger partial charge in [-0.15, -0.1) is 0 Å². The molecule has 0 radical (unpaired) electrons. The van der Waals surface area contributed by atoms with Gasteiger partial charge in [0.05, 0.1) is 11.8 Å². The first-order valence-corrected chi connectivity index (χ1v) is 8.33. The molecule has 0 aliphatic carbocycles. The van der Waals surface area contributed by atoms with Crippen molar-refractivity contribution >= 4 is 29.2 Å². The Morgan fingerprint density at radius 3 is 2.25 bits per heavy atom. The molecule has 1 unspecified atom stereocenters. The molecule has 0 bridgehead atoms. The van der Waals surface area contributed by atoms with Crippen molar-refractivity contribution in [3.05, 3.63) is 60.2 Å². The van der Waals surface area contributed by atoms with E-state index in [9.17, 15) is 14.4 Å². The highest BCUT2D eigenvalue weighted by Gasteiger charge is 2.18. The highest BCUT2D eigenvalue weighted by atomic mass is 16.4. The Balaban J connectivity index is 1.60. The zero-order chi connectivity index (χ0) is 20.3. The van der Waals surface area contributed by atoms with Crippen molar-refractivity contribution < 1.29 is 19.5 Å². The van der Waals surface area contributed by atoms with E-state index in [4.69, 9.17) is 5.11 Å². The van der Waals surface area contributed by atoms with Crippen LogP contribution in [0.2, 0.25) is 0 Å². The number of aryl methyl sites for hydroxylation is 1. The minimum absolute atomic E-state index is 0.00708. The number of amides is 2. The summed E-state index contributed by atoms with van der Waals surface area (Å²) in [7, 11) is 1.72. The topological polar surface area (TPSA) is 131 Å². The lowest BCUT2D eigenvalue weighted by atomic mass is 10.2. The maximum atomic E-state index is 12.3. The summed E-state index contributed by atoms with van der Waals surface area (Å²) in [5.74, 6) is -1.80. The molecule has 144 valence electrons. The molecule has 1 aromatic carbocycles. The zero-order valence-corrected chi connectivity index (χ0v) is 15.2. The van der Waals surface area contributed by atoms with Crippen LogP contribution in [0, 0.1) is 0 Å². The summed E-state index contributed by atoms with van der Waals surface area (Å²) in [5, 5.41) is 22.3. The number of anilines is 2. The Kier molecular flexibility index (Phi) is 5.21. The van der Waals surface area contributed by atoms with Crippen molar-refractivity contribution in [3.8, 4) is 0 Å². The molecule has 0 aliphatic rings. The van der Waals surface area contributed by atoms with Gasteiger partial charge in [-0.3, -0.25) is 19.0 Å². The molecule has 3 N–H and O–H groups in total. The monoisotopic (exact) mass is 382 g/mol. The van der Waals surface area contributed by atoms with Gasteiger partial charge in [-0.1, -0.05) is 0 Å². The minimum Gasteiger partial charge on any atom is -0.478 e. The molecule has 2 heterocycles. The average Bonchev–Trinajstić information content (AvgIpc) is 3.32. The van der Waals surface area contributed by atoms with E-state index < -0.39 is 12.0 Å². The van der Waals surface area contributed by atoms with Gasteiger partial charge < -0.3 is 15.7 Å². The Hall–Kier alpha value is -3.95. The molecule has 10 nitrogen and oxygen atoms in total. The summed E-state index contributed by atoms with van der Waals surface area (Å²) >= 11 is 0. The highest BCUT2D eigenvalue weighted by Crippen LogP contribution is 2.16. The second-order valence-electron chi connectivity index (χ2n) is 6.09. The van der Waals surface area contributed by atoms with Crippen LogP contribution < -0.4 is 10.6 Å². The third-order valence-electron chi connectivity index (χ3n) is 3.98. The molecule has 10 heteroatoms. The largest absolute Gasteiger partial charge is 0.478 e. The standard InChI is InChI=1S/C18H18N6O4/c1-11(24-10-12(9-19-24)18(27)28)16(25)20-13-3-5-14(6-4-13)21-17(26)15-7-8-23(2)22-15/h3-11H,1-2H3,(H,20,25)(H,21,26)(H,27,28). The van der Waals surface area contributed by atoms with E-state index in [-0.39, 0.29) is 17.4 Å².